The van der Waals surface area contributed by atoms with E-state index < -0.39 is 0 Å². The van der Waals surface area contributed by atoms with Crippen LogP contribution in [0.4, 0.5) is 0 Å². The quantitative estimate of drug-likeness (QED) is 0.721. The Bertz CT molecular complexity index is 681. The Morgan fingerprint density at radius 3 is 2.58 bits per heavy atom. The number of thiazole rings is 1. The third-order valence-corrected chi connectivity index (χ3v) is 4.54. The molecule has 0 aliphatic heterocycles. The van der Waals surface area contributed by atoms with Gasteiger partial charge in [0.25, 0.3) is 5.91 Å². The Balaban J connectivity index is 2.25. The number of carbonyl (C=O) groups excluding carboxylic acids is 1. The summed E-state index contributed by atoms with van der Waals surface area (Å²) in [5.74, 6) is 1.37. The SMILES string of the molecule is CCCOc1ccc(-c2nc(C(=O)N(CC)CC)cs2)cc1OC. The predicted molar refractivity (Wildman–Crippen MR) is 97.1 cm³/mol. The molecule has 24 heavy (non-hydrogen) atoms. The van der Waals surface area contributed by atoms with Crippen molar-refractivity contribution in [2.75, 3.05) is 26.8 Å². The van der Waals surface area contributed by atoms with Crippen LogP contribution >= 0.6 is 11.3 Å². The van der Waals surface area contributed by atoms with Crippen molar-refractivity contribution in [3.05, 3.63) is 29.3 Å². The van der Waals surface area contributed by atoms with Gasteiger partial charge >= 0.3 is 0 Å². The van der Waals surface area contributed by atoms with Crippen molar-refractivity contribution in [3.63, 3.8) is 0 Å². The molecule has 2 rings (SSSR count). The van der Waals surface area contributed by atoms with Crippen LogP contribution in [0, 0.1) is 0 Å². The normalized spacial score (nSPS) is 10.5. The molecule has 1 amide bonds. The van der Waals surface area contributed by atoms with Crippen LogP contribution in [0.25, 0.3) is 10.6 Å². The number of rotatable bonds is 8. The van der Waals surface area contributed by atoms with E-state index in [4.69, 9.17) is 9.47 Å². The van der Waals surface area contributed by atoms with E-state index in [0.29, 0.717) is 31.1 Å². The zero-order valence-electron chi connectivity index (χ0n) is 14.7. The zero-order valence-corrected chi connectivity index (χ0v) is 15.5. The first-order chi connectivity index (χ1) is 11.6. The molecule has 0 radical (unpaired) electrons. The van der Waals surface area contributed by atoms with Gasteiger partial charge in [0.05, 0.1) is 13.7 Å². The molecule has 1 heterocycles. The molecule has 0 unspecified atom stereocenters. The Morgan fingerprint density at radius 1 is 1.21 bits per heavy atom. The van der Waals surface area contributed by atoms with Crippen LogP contribution in [0.1, 0.15) is 37.7 Å². The second-order valence-corrected chi connectivity index (χ2v) is 6.09. The van der Waals surface area contributed by atoms with Crippen LogP contribution < -0.4 is 9.47 Å². The minimum Gasteiger partial charge on any atom is -0.493 e. The van der Waals surface area contributed by atoms with Crippen molar-refractivity contribution in [2.45, 2.75) is 27.2 Å². The number of methoxy groups -OCH3 is 1. The van der Waals surface area contributed by atoms with Crippen LogP contribution in [0.5, 0.6) is 11.5 Å². The van der Waals surface area contributed by atoms with Gasteiger partial charge in [0.1, 0.15) is 10.7 Å². The summed E-state index contributed by atoms with van der Waals surface area (Å²) >= 11 is 1.46. The summed E-state index contributed by atoms with van der Waals surface area (Å²) in [6, 6.07) is 5.73. The van der Waals surface area contributed by atoms with Crippen LogP contribution in [-0.2, 0) is 0 Å². The van der Waals surface area contributed by atoms with Gasteiger partial charge in [-0.1, -0.05) is 6.92 Å². The summed E-state index contributed by atoms with van der Waals surface area (Å²) in [7, 11) is 1.62. The number of carbonyl (C=O) groups is 1. The van der Waals surface area contributed by atoms with E-state index in [9.17, 15) is 4.79 Å². The molecule has 0 fully saturated rings. The predicted octanol–water partition coefficient (Wildman–Crippen LogP) is 4.09. The van der Waals surface area contributed by atoms with Crippen LogP contribution in [0.2, 0.25) is 0 Å². The van der Waals surface area contributed by atoms with E-state index in [0.717, 1.165) is 22.7 Å². The van der Waals surface area contributed by atoms with E-state index in [2.05, 4.69) is 11.9 Å². The monoisotopic (exact) mass is 348 g/mol. The van der Waals surface area contributed by atoms with Crippen molar-refractivity contribution in [1.82, 2.24) is 9.88 Å². The Labute approximate surface area is 147 Å². The van der Waals surface area contributed by atoms with Gasteiger partial charge in [-0.25, -0.2) is 4.98 Å². The van der Waals surface area contributed by atoms with Gasteiger partial charge < -0.3 is 14.4 Å². The van der Waals surface area contributed by atoms with Crippen LogP contribution in [0.3, 0.4) is 0 Å². The molecule has 0 saturated heterocycles. The first-order valence-corrected chi connectivity index (χ1v) is 9.08. The molecule has 0 bridgehead atoms. The fraction of sp³-hybridized carbons (Fsp3) is 0.444. The molecule has 1 aromatic carbocycles. The molecule has 0 aliphatic rings. The third-order valence-electron chi connectivity index (χ3n) is 3.65. The van der Waals surface area contributed by atoms with Crippen LogP contribution in [0.15, 0.2) is 23.6 Å². The van der Waals surface area contributed by atoms with Crippen LogP contribution in [-0.4, -0.2) is 42.6 Å². The van der Waals surface area contributed by atoms with Gasteiger partial charge in [-0.3, -0.25) is 4.79 Å². The third kappa shape index (κ3) is 4.06. The van der Waals surface area contributed by atoms with E-state index in [-0.39, 0.29) is 5.91 Å². The van der Waals surface area contributed by atoms with Gasteiger partial charge in [-0.2, -0.15) is 0 Å². The van der Waals surface area contributed by atoms with Crippen molar-refractivity contribution in [3.8, 4) is 22.1 Å². The van der Waals surface area contributed by atoms with Crippen molar-refractivity contribution in [1.29, 1.82) is 0 Å². The molecule has 0 spiro atoms. The molecule has 1 aromatic heterocycles. The number of ether oxygens (including phenoxy) is 2. The lowest BCUT2D eigenvalue weighted by atomic mass is 10.2. The number of benzene rings is 1. The number of aromatic nitrogens is 1. The maximum absolute atomic E-state index is 12.4. The molecule has 0 N–H and O–H groups in total. The van der Waals surface area contributed by atoms with E-state index in [1.807, 2.05) is 37.4 Å². The highest BCUT2D eigenvalue weighted by atomic mass is 32.1. The molecule has 0 saturated carbocycles. The average molecular weight is 348 g/mol. The van der Waals surface area contributed by atoms with Gasteiger partial charge in [-0.05, 0) is 38.5 Å². The lowest BCUT2D eigenvalue weighted by molar-refractivity contribution is 0.0768. The lowest BCUT2D eigenvalue weighted by Crippen LogP contribution is -2.30. The Morgan fingerprint density at radius 2 is 1.96 bits per heavy atom. The number of nitrogens with zero attached hydrogens (tertiary/aromatic N) is 2. The van der Waals surface area contributed by atoms with Crippen molar-refractivity contribution < 1.29 is 14.3 Å². The summed E-state index contributed by atoms with van der Waals surface area (Å²) in [6.07, 6.45) is 0.939. The standard InChI is InChI=1S/C18H24N2O3S/c1-5-10-23-15-9-8-13(11-16(15)22-4)17-19-14(12-24-17)18(21)20(6-2)7-3/h8-9,11-12H,5-7,10H2,1-4H3. The summed E-state index contributed by atoms with van der Waals surface area (Å²) < 4.78 is 11.1. The highest BCUT2D eigenvalue weighted by molar-refractivity contribution is 7.13. The number of hydrogen-bond acceptors (Lipinski definition) is 5. The highest BCUT2D eigenvalue weighted by Crippen LogP contribution is 2.34. The van der Waals surface area contributed by atoms with Crippen molar-refractivity contribution >= 4 is 17.2 Å². The smallest absolute Gasteiger partial charge is 0.273 e. The van der Waals surface area contributed by atoms with Crippen molar-refractivity contribution in [2.24, 2.45) is 0 Å². The van der Waals surface area contributed by atoms with Gasteiger partial charge in [0.15, 0.2) is 11.5 Å². The topological polar surface area (TPSA) is 51.7 Å². The lowest BCUT2D eigenvalue weighted by Gasteiger charge is -2.16. The maximum Gasteiger partial charge on any atom is 0.273 e. The first-order valence-electron chi connectivity index (χ1n) is 8.20. The summed E-state index contributed by atoms with van der Waals surface area (Å²) in [6.45, 7) is 8.00. The molecule has 130 valence electrons. The molecular weight excluding hydrogens is 324 g/mol. The zero-order chi connectivity index (χ0) is 17.5. The molecule has 0 aliphatic carbocycles. The minimum atomic E-state index is -0.0302. The number of amides is 1. The van der Waals surface area contributed by atoms with E-state index in [1.54, 1.807) is 12.0 Å². The van der Waals surface area contributed by atoms with Gasteiger partial charge in [0, 0.05) is 24.0 Å². The summed E-state index contributed by atoms with van der Waals surface area (Å²) in [4.78, 5) is 18.6. The Hall–Kier alpha value is -2.08. The maximum atomic E-state index is 12.4. The summed E-state index contributed by atoms with van der Waals surface area (Å²) in [5.41, 5.74) is 1.41. The largest absolute Gasteiger partial charge is 0.493 e. The fourth-order valence-corrected chi connectivity index (χ4v) is 3.10. The Kier molecular flexibility index (Phi) is 6.61. The molecule has 6 heteroatoms. The highest BCUT2D eigenvalue weighted by Gasteiger charge is 2.17. The summed E-state index contributed by atoms with van der Waals surface area (Å²) in [5, 5.41) is 2.61. The first kappa shape index (κ1) is 18.3. The second kappa shape index (κ2) is 8.68. The number of hydrogen-bond donors (Lipinski definition) is 0. The molecule has 5 nitrogen and oxygen atoms in total. The average Bonchev–Trinajstić information content (AvgIpc) is 3.10. The minimum absolute atomic E-state index is 0.0302. The molecule has 2 aromatic rings. The fourth-order valence-electron chi connectivity index (χ4n) is 2.31. The molecular formula is C18H24N2O3S. The van der Waals surface area contributed by atoms with Gasteiger partial charge in [-0.15, -0.1) is 11.3 Å². The molecule has 0 atom stereocenters. The van der Waals surface area contributed by atoms with E-state index in [1.165, 1.54) is 11.3 Å². The van der Waals surface area contributed by atoms with E-state index >= 15 is 0 Å². The second-order valence-electron chi connectivity index (χ2n) is 5.23. The van der Waals surface area contributed by atoms with Gasteiger partial charge in [0.2, 0.25) is 0 Å².